The molecule has 0 amide bonds. The summed E-state index contributed by atoms with van der Waals surface area (Å²) in [4.78, 5) is 5.70. The standard InChI is InChI=1S/C15H18BrN3OS/c16-12-5-1-2-6-13(12)21-10-14-18-15(20-19-14)8-11-4-3-7-17-9-11/h1-2,5-6,11,17H,3-4,7-10H2. The summed E-state index contributed by atoms with van der Waals surface area (Å²) in [6.45, 7) is 2.19. The number of piperidine rings is 1. The summed E-state index contributed by atoms with van der Waals surface area (Å²) in [6, 6.07) is 8.17. The number of aromatic nitrogens is 2. The van der Waals surface area contributed by atoms with Gasteiger partial charge in [0.25, 0.3) is 0 Å². The average Bonchev–Trinajstić information content (AvgIpc) is 2.95. The first-order valence-electron chi connectivity index (χ1n) is 7.21. The van der Waals surface area contributed by atoms with Crippen LogP contribution in [0.2, 0.25) is 0 Å². The maximum Gasteiger partial charge on any atom is 0.226 e. The second-order valence-electron chi connectivity index (χ2n) is 5.24. The van der Waals surface area contributed by atoms with E-state index in [0.717, 1.165) is 41.5 Å². The van der Waals surface area contributed by atoms with Crippen LogP contribution in [0.3, 0.4) is 0 Å². The van der Waals surface area contributed by atoms with Crippen molar-refractivity contribution in [3.05, 3.63) is 40.5 Å². The molecule has 3 rings (SSSR count). The Labute approximate surface area is 137 Å². The quantitative estimate of drug-likeness (QED) is 0.817. The van der Waals surface area contributed by atoms with Gasteiger partial charge < -0.3 is 9.84 Å². The number of hydrogen-bond acceptors (Lipinski definition) is 5. The van der Waals surface area contributed by atoms with Gasteiger partial charge in [-0.25, -0.2) is 0 Å². The van der Waals surface area contributed by atoms with Crippen LogP contribution in [0, 0.1) is 5.92 Å². The maximum atomic E-state index is 5.37. The Hall–Kier alpha value is -0.850. The van der Waals surface area contributed by atoms with Crippen LogP contribution in [0.25, 0.3) is 0 Å². The van der Waals surface area contributed by atoms with E-state index in [0.29, 0.717) is 5.92 Å². The molecule has 4 nitrogen and oxygen atoms in total. The average molecular weight is 368 g/mol. The van der Waals surface area contributed by atoms with Gasteiger partial charge in [-0.05, 0) is 59.9 Å². The lowest BCUT2D eigenvalue weighted by molar-refractivity contribution is 0.315. The van der Waals surface area contributed by atoms with Crippen molar-refractivity contribution in [2.45, 2.75) is 29.9 Å². The van der Waals surface area contributed by atoms with Crippen LogP contribution < -0.4 is 5.32 Å². The minimum Gasteiger partial charge on any atom is -0.339 e. The van der Waals surface area contributed by atoms with E-state index in [1.165, 1.54) is 17.7 Å². The molecule has 6 heteroatoms. The Morgan fingerprint density at radius 2 is 2.29 bits per heavy atom. The number of rotatable bonds is 5. The van der Waals surface area contributed by atoms with Crippen LogP contribution >= 0.6 is 27.7 Å². The number of thioether (sulfide) groups is 1. The molecule has 1 aromatic carbocycles. The van der Waals surface area contributed by atoms with Crippen molar-refractivity contribution in [3.63, 3.8) is 0 Å². The molecule has 1 atom stereocenters. The van der Waals surface area contributed by atoms with E-state index >= 15 is 0 Å². The van der Waals surface area contributed by atoms with Crippen LogP contribution in [-0.4, -0.2) is 23.2 Å². The molecule has 1 aromatic heterocycles. The number of nitrogens with zero attached hydrogens (tertiary/aromatic N) is 2. The van der Waals surface area contributed by atoms with Gasteiger partial charge in [-0.3, -0.25) is 0 Å². The van der Waals surface area contributed by atoms with Crippen LogP contribution in [0.5, 0.6) is 0 Å². The maximum absolute atomic E-state index is 5.37. The molecule has 1 aliphatic rings. The predicted molar refractivity (Wildman–Crippen MR) is 87.3 cm³/mol. The summed E-state index contributed by atoms with van der Waals surface area (Å²) >= 11 is 5.26. The zero-order chi connectivity index (χ0) is 14.5. The summed E-state index contributed by atoms with van der Waals surface area (Å²) in [6.07, 6.45) is 3.37. The third-order valence-corrected chi connectivity index (χ3v) is 5.59. The molecular formula is C15H18BrN3OS. The van der Waals surface area contributed by atoms with Crippen LogP contribution in [0.1, 0.15) is 24.6 Å². The lowest BCUT2D eigenvalue weighted by Gasteiger charge is -2.20. The molecule has 1 fully saturated rings. The van der Waals surface area contributed by atoms with Gasteiger partial charge in [0, 0.05) is 15.8 Å². The Kier molecular flexibility index (Phi) is 5.32. The van der Waals surface area contributed by atoms with Gasteiger partial charge in [0.15, 0.2) is 5.82 Å². The topological polar surface area (TPSA) is 51.0 Å². The summed E-state index contributed by atoms with van der Waals surface area (Å²) in [7, 11) is 0. The third-order valence-electron chi connectivity index (χ3n) is 3.57. The highest BCUT2D eigenvalue weighted by Crippen LogP contribution is 2.29. The zero-order valence-electron chi connectivity index (χ0n) is 11.7. The van der Waals surface area contributed by atoms with E-state index in [-0.39, 0.29) is 0 Å². The molecule has 0 spiro atoms. The van der Waals surface area contributed by atoms with Crippen molar-refractivity contribution in [1.82, 2.24) is 15.5 Å². The van der Waals surface area contributed by atoms with E-state index in [4.69, 9.17) is 4.52 Å². The van der Waals surface area contributed by atoms with E-state index < -0.39 is 0 Å². The Balaban J connectivity index is 1.54. The Bertz CT molecular complexity index is 584. The predicted octanol–water partition coefficient (Wildman–Crippen LogP) is 3.67. The van der Waals surface area contributed by atoms with Crippen molar-refractivity contribution < 1.29 is 4.52 Å². The summed E-state index contributed by atoms with van der Waals surface area (Å²) < 4.78 is 6.48. The highest BCUT2D eigenvalue weighted by Gasteiger charge is 2.17. The molecule has 0 saturated carbocycles. The Morgan fingerprint density at radius 3 is 3.10 bits per heavy atom. The first-order chi connectivity index (χ1) is 10.3. The first-order valence-corrected chi connectivity index (χ1v) is 8.98. The van der Waals surface area contributed by atoms with Gasteiger partial charge in [0.1, 0.15) is 0 Å². The second kappa shape index (κ2) is 7.42. The van der Waals surface area contributed by atoms with Crippen LogP contribution in [0.4, 0.5) is 0 Å². The fourth-order valence-corrected chi connectivity index (χ4v) is 3.89. The molecule has 0 bridgehead atoms. The van der Waals surface area contributed by atoms with Crippen molar-refractivity contribution in [2.75, 3.05) is 13.1 Å². The normalized spacial score (nSPS) is 18.8. The van der Waals surface area contributed by atoms with Crippen molar-refractivity contribution in [2.24, 2.45) is 5.92 Å². The van der Waals surface area contributed by atoms with E-state index in [1.54, 1.807) is 11.8 Å². The lowest BCUT2D eigenvalue weighted by atomic mass is 9.96. The molecule has 1 saturated heterocycles. The molecule has 112 valence electrons. The molecule has 2 heterocycles. The molecule has 21 heavy (non-hydrogen) atoms. The van der Waals surface area contributed by atoms with Gasteiger partial charge >= 0.3 is 0 Å². The lowest BCUT2D eigenvalue weighted by Crippen LogP contribution is -2.30. The molecule has 0 radical (unpaired) electrons. The SMILES string of the molecule is Brc1ccccc1SCc1noc(CC2CCCNC2)n1. The smallest absolute Gasteiger partial charge is 0.226 e. The highest BCUT2D eigenvalue weighted by molar-refractivity contribution is 9.10. The van der Waals surface area contributed by atoms with Gasteiger partial charge in [-0.2, -0.15) is 4.98 Å². The van der Waals surface area contributed by atoms with E-state index in [2.05, 4.69) is 37.5 Å². The largest absolute Gasteiger partial charge is 0.339 e. The fraction of sp³-hybridized carbons (Fsp3) is 0.467. The van der Waals surface area contributed by atoms with Crippen molar-refractivity contribution >= 4 is 27.7 Å². The molecule has 1 N–H and O–H groups in total. The first kappa shape index (κ1) is 15.1. The number of benzene rings is 1. The van der Waals surface area contributed by atoms with Gasteiger partial charge in [-0.1, -0.05) is 17.3 Å². The molecule has 1 aliphatic heterocycles. The number of halogens is 1. The Morgan fingerprint density at radius 1 is 1.38 bits per heavy atom. The molecule has 0 aliphatic carbocycles. The second-order valence-corrected chi connectivity index (χ2v) is 7.11. The monoisotopic (exact) mass is 367 g/mol. The molecular weight excluding hydrogens is 350 g/mol. The number of hydrogen-bond donors (Lipinski definition) is 1. The number of nitrogens with one attached hydrogen (secondary N) is 1. The van der Waals surface area contributed by atoms with E-state index in [9.17, 15) is 0 Å². The van der Waals surface area contributed by atoms with Crippen molar-refractivity contribution in [1.29, 1.82) is 0 Å². The minimum absolute atomic E-state index is 0.628. The van der Waals surface area contributed by atoms with Crippen LogP contribution in [0.15, 0.2) is 38.2 Å². The summed E-state index contributed by atoms with van der Waals surface area (Å²) in [5, 5.41) is 7.50. The fourth-order valence-electron chi connectivity index (χ4n) is 2.48. The van der Waals surface area contributed by atoms with Crippen molar-refractivity contribution in [3.8, 4) is 0 Å². The van der Waals surface area contributed by atoms with E-state index in [1.807, 2.05) is 18.2 Å². The summed E-state index contributed by atoms with van der Waals surface area (Å²) in [5.41, 5.74) is 0. The highest BCUT2D eigenvalue weighted by atomic mass is 79.9. The van der Waals surface area contributed by atoms with Gasteiger partial charge in [0.05, 0.1) is 5.75 Å². The molecule has 2 aromatic rings. The van der Waals surface area contributed by atoms with Gasteiger partial charge in [-0.15, -0.1) is 11.8 Å². The van der Waals surface area contributed by atoms with Crippen LogP contribution in [-0.2, 0) is 12.2 Å². The molecule has 1 unspecified atom stereocenters. The minimum atomic E-state index is 0.628. The summed E-state index contributed by atoms with van der Waals surface area (Å²) in [5.74, 6) is 2.90. The third kappa shape index (κ3) is 4.31. The zero-order valence-corrected chi connectivity index (χ0v) is 14.1. The van der Waals surface area contributed by atoms with Gasteiger partial charge in [0.2, 0.25) is 5.89 Å².